The molecule has 0 radical (unpaired) electrons. The SMILES string of the molecule is CC(C)c1cc(NC2COCC2n2nc(-c3cccnc3)ccc2=O)n2ncnc2n1. The molecule has 0 saturated carbocycles. The Bertz CT molecular complexity index is 1270. The molecule has 4 aromatic heterocycles. The van der Waals surface area contributed by atoms with Crippen molar-refractivity contribution >= 4 is 11.6 Å². The van der Waals surface area contributed by atoms with Crippen LogP contribution >= 0.6 is 0 Å². The summed E-state index contributed by atoms with van der Waals surface area (Å²) in [7, 11) is 0. The number of anilines is 1. The number of nitrogens with one attached hydrogen (secondary N) is 1. The molecule has 2 unspecified atom stereocenters. The Morgan fingerprint density at radius 2 is 2.13 bits per heavy atom. The van der Waals surface area contributed by atoms with Crippen molar-refractivity contribution in [2.45, 2.75) is 31.8 Å². The standard InChI is InChI=1S/C21H22N8O2/c1-13(2)16-8-19(29-21(26-16)23-12-24-29)25-17-10-31-11-18(17)28-20(30)6-5-15(27-28)14-4-3-7-22-9-14/h3-9,12-13,17-18,25H,10-11H2,1-2H3. The topological polar surface area (TPSA) is 112 Å². The maximum absolute atomic E-state index is 12.7. The minimum atomic E-state index is -0.279. The van der Waals surface area contributed by atoms with E-state index >= 15 is 0 Å². The summed E-state index contributed by atoms with van der Waals surface area (Å²) >= 11 is 0. The van der Waals surface area contributed by atoms with Crippen molar-refractivity contribution in [3.05, 3.63) is 65.1 Å². The molecule has 31 heavy (non-hydrogen) atoms. The lowest BCUT2D eigenvalue weighted by molar-refractivity contribution is 0.183. The molecule has 5 rings (SSSR count). The summed E-state index contributed by atoms with van der Waals surface area (Å²) in [6.45, 7) is 4.97. The number of fused-ring (bicyclic) bond motifs is 1. The van der Waals surface area contributed by atoms with Crippen molar-refractivity contribution in [1.29, 1.82) is 0 Å². The Balaban J connectivity index is 1.50. The zero-order valence-electron chi connectivity index (χ0n) is 17.2. The van der Waals surface area contributed by atoms with Crippen LogP contribution in [0, 0.1) is 0 Å². The van der Waals surface area contributed by atoms with Gasteiger partial charge < -0.3 is 10.1 Å². The third kappa shape index (κ3) is 3.66. The van der Waals surface area contributed by atoms with Gasteiger partial charge in [-0.15, -0.1) is 0 Å². The summed E-state index contributed by atoms with van der Waals surface area (Å²) in [5.41, 5.74) is 2.26. The van der Waals surface area contributed by atoms with Crippen LogP contribution in [0.25, 0.3) is 17.0 Å². The fourth-order valence-corrected chi connectivity index (χ4v) is 3.67. The lowest BCUT2D eigenvalue weighted by atomic mass is 10.1. The van der Waals surface area contributed by atoms with Crippen molar-refractivity contribution < 1.29 is 4.74 Å². The van der Waals surface area contributed by atoms with Crippen LogP contribution in [0.4, 0.5) is 5.82 Å². The van der Waals surface area contributed by atoms with Gasteiger partial charge in [0.25, 0.3) is 11.3 Å². The van der Waals surface area contributed by atoms with Crippen LogP contribution in [0.3, 0.4) is 0 Å². The van der Waals surface area contributed by atoms with E-state index in [1.165, 1.54) is 17.1 Å². The van der Waals surface area contributed by atoms with Gasteiger partial charge in [0.15, 0.2) is 0 Å². The predicted octanol–water partition coefficient (Wildman–Crippen LogP) is 1.92. The molecule has 158 valence electrons. The summed E-state index contributed by atoms with van der Waals surface area (Å²) in [5, 5.41) is 12.4. The molecule has 10 nitrogen and oxygen atoms in total. The normalized spacial score (nSPS) is 18.7. The minimum Gasteiger partial charge on any atom is -0.377 e. The number of nitrogens with zero attached hydrogens (tertiary/aromatic N) is 7. The fourth-order valence-electron chi connectivity index (χ4n) is 3.67. The largest absolute Gasteiger partial charge is 0.377 e. The molecule has 5 heterocycles. The number of ether oxygens (including phenoxy) is 1. The average molecular weight is 418 g/mol. The van der Waals surface area contributed by atoms with Crippen molar-refractivity contribution in [1.82, 2.24) is 34.3 Å². The van der Waals surface area contributed by atoms with Crippen molar-refractivity contribution in [3.8, 4) is 11.3 Å². The number of pyridine rings is 1. The molecule has 10 heteroatoms. The van der Waals surface area contributed by atoms with Gasteiger partial charge >= 0.3 is 0 Å². The second-order valence-corrected chi connectivity index (χ2v) is 7.79. The van der Waals surface area contributed by atoms with Gasteiger partial charge in [0.1, 0.15) is 18.2 Å². The van der Waals surface area contributed by atoms with Crippen LogP contribution in [0.1, 0.15) is 31.5 Å². The van der Waals surface area contributed by atoms with Gasteiger partial charge in [-0.25, -0.2) is 9.67 Å². The van der Waals surface area contributed by atoms with E-state index in [9.17, 15) is 4.79 Å². The highest BCUT2D eigenvalue weighted by atomic mass is 16.5. The molecular weight excluding hydrogens is 396 g/mol. The highest BCUT2D eigenvalue weighted by Gasteiger charge is 2.32. The molecule has 1 aliphatic heterocycles. The number of rotatable bonds is 5. The molecule has 1 N–H and O–H groups in total. The van der Waals surface area contributed by atoms with Gasteiger partial charge in [0, 0.05) is 30.1 Å². The van der Waals surface area contributed by atoms with Crippen molar-refractivity contribution in [3.63, 3.8) is 0 Å². The van der Waals surface area contributed by atoms with Gasteiger partial charge in [-0.3, -0.25) is 9.78 Å². The van der Waals surface area contributed by atoms with Gasteiger partial charge in [-0.05, 0) is 24.1 Å². The monoisotopic (exact) mass is 418 g/mol. The van der Waals surface area contributed by atoms with Crippen LogP contribution in [0.5, 0.6) is 0 Å². The Morgan fingerprint density at radius 3 is 2.94 bits per heavy atom. The van der Waals surface area contributed by atoms with Gasteiger partial charge in [0.2, 0.25) is 0 Å². The molecule has 4 aromatic rings. The predicted molar refractivity (Wildman–Crippen MR) is 114 cm³/mol. The Morgan fingerprint density at radius 1 is 1.23 bits per heavy atom. The molecule has 0 spiro atoms. The number of hydrogen-bond acceptors (Lipinski definition) is 8. The first-order valence-electron chi connectivity index (χ1n) is 10.2. The van der Waals surface area contributed by atoms with Gasteiger partial charge in [0.05, 0.1) is 30.6 Å². The Hall–Kier alpha value is -3.66. The summed E-state index contributed by atoms with van der Waals surface area (Å²) in [6.07, 6.45) is 4.91. The zero-order valence-corrected chi connectivity index (χ0v) is 17.2. The fraction of sp³-hybridized carbons (Fsp3) is 0.333. The number of aromatic nitrogens is 7. The van der Waals surface area contributed by atoms with E-state index < -0.39 is 0 Å². The first-order chi connectivity index (χ1) is 15.1. The van der Waals surface area contributed by atoms with E-state index in [1.54, 1.807) is 23.0 Å². The Kier molecular flexibility index (Phi) is 4.91. The van der Waals surface area contributed by atoms with Crippen LogP contribution in [-0.4, -0.2) is 53.6 Å². The van der Waals surface area contributed by atoms with E-state index in [2.05, 4.69) is 44.3 Å². The molecule has 0 aliphatic carbocycles. The molecule has 1 saturated heterocycles. The molecule has 0 aromatic carbocycles. The molecular formula is C21H22N8O2. The summed E-state index contributed by atoms with van der Waals surface area (Å²) in [4.78, 5) is 25.6. The number of hydrogen-bond donors (Lipinski definition) is 1. The molecule has 0 bridgehead atoms. The summed E-state index contributed by atoms with van der Waals surface area (Å²) < 4.78 is 8.89. The summed E-state index contributed by atoms with van der Waals surface area (Å²) in [5.74, 6) is 1.51. The van der Waals surface area contributed by atoms with E-state index in [0.29, 0.717) is 24.7 Å². The Labute approximate surface area is 178 Å². The van der Waals surface area contributed by atoms with E-state index in [-0.39, 0.29) is 23.6 Å². The smallest absolute Gasteiger partial charge is 0.267 e. The second kappa shape index (κ2) is 7.88. The highest BCUT2D eigenvalue weighted by molar-refractivity contribution is 5.56. The first kappa shape index (κ1) is 19.3. The highest BCUT2D eigenvalue weighted by Crippen LogP contribution is 2.25. The lowest BCUT2D eigenvalue weighted by Crippen LogP contribution is -2.37. The molecule has 0 amide bonds. The van der Waals surface area contributed by atoms with E-state index in [0.717, 1.165) is 17.1 Å². The van der Waals surface area contributed by atoms with Gasteiger partial charge in [-0.1, -0.05) is 13.8 Å². The second-order valence-electron chi connectivity index (χ2n) is 7.79. The molecule has 1 aliphatic rings. The summed E-state index contributed by atoms with van der Waals surface area (Å²) in [6, 6.07) is 8.51. The van der Waals surface area contributed by atoms with Gasteiger partial charge in [-0.2, -0.15) is 19.7 Å². The third-order valence-electron chi connectivity index (χ3n) is 5.34. The first-order valence-corrected chi connectivity index (χ1v) is 10.2. The quantitative estimate of drug-likeness (QED) is 0.523. The maximum atomic E-state index is 12.7. The van der Waals surface area contributed by atoms with Crippen molar-refractivity contribution in [2.24, 2.45) is 0 Å². The molecule has 1 fully saturated rings. The van der Waals surface area contributed by atoms with Crippen LogP contribution in [0.15, 0.2) is 53.8 Å². The van der Waals surface area contributed by atoms with Crippen LogP contribution < -0.4 is 10.9 Å². The average Bonchev–Trinajstić information content (AvgIpc) is 3.44. The molecule has 2 atom stereocenters. The van der Waals surface area contributed by atoms with Crippen LogP contribution in [-0.2, 0) is 4.74 Å². The zero-order chi connectivity index (χ0) is 21.4. The van der Waals surface area contributed by atoms with Crippen LogP contribution in [0.2, 0.25) is 0 Å². The minimum absolute atomic E-state index is 0.177. The van der Waals surface area contributed by atoms with E-state index in [1.807, 2.05) is 18.2 Å². The third-order valence-corrected chi connectivity index (χ3v) is 5.34. The lowest BCUT2D eigenvalue weighted by Gasteiger charge is -2.22. The van der Waals surface area contributed by atoms with Crippen molar-refractivity contribution in [2.75, 3.05) is 18.5 Å². The van der Waals surface area contributed by atoms with E-state index in [4.69, 9.17) is 4.74 Å². The maximum Gasteiger partial charge on any atom is 0.267 e.